The van der Waals surface area contributed by atoms with Crippen LogP contribution < -0.4 is 10.2 Å². The molecule has 162 valence electrons. The first-order valence-electron chi connectivity index (χ1n) is 9.70. The zero-order valence-corrected chi connectivity index (χ0v) is 16.9. The quantitative estimate of drug-likeness (QED) is 0.740. The Kier molecular flexibility index (Phi) is 5.31. The van der Waals surface area contributed by atoms with Crippen LogP contribution in [0.3, 0.4) is 0 Å². The maximum absolute atomic E-state index is 13.5. The van der Waals surface area contributed by atoms with E-state index in [1.807, 2.05) is 0 Å². The Bertz CT molecular complexity index is 1100. The molecule has 4 rings (SSSR count). The normalized spacial score (nSPS) is 20.4. The first-order chi connectivity index (χ1) is 14.8. The van der Waals surface area contributed by atoms with E-state index in [2.05, 4.69) is 21.3 Å². The number of nitrogens with one attached hydrogen (secondary N) is 1. The van der Waals surface area contributed by atoms with Crippen LogP contribution in [0, 0.1) is 29.4 Å². The van der Waals surface area contributed by atoms with Crippen molar-refractivity contribution in [3.63, 3.8) is 0 Å². The van der Waals surface area contributed by atoms with Gasteiger partial charge in [0.15, 0.2) is 17.5 Å². The Morgan fingerprint density at radius 1 is 1.26 bits per heavy atom. The highest BCUT2D eigenvalue weighted by Crippen LogP contribution is 2.32. The van der Waals surface area contributed by atoms with Gasteiger partial charge in [0.1, 0.15) is 5.92 Å². The number of nitrogens with zero attached hydrogens (tertiary/aromatic N) is 5. The number of anilines is 2. The zero-order valence-electron chi connectivity index (χ0n) is 16.9. The second kappa shape index (κ2) is 7.94. The lowest BCUT2D eigenvalue weighted by atomic mass is 10.1. The van der Waals surface area contributed by atoms with E-state index in [1.165, 1.54) is 4.90 Å². The summed E-state index contributed by atoms with van der Waals surface area (Å²) in [5, 5.41) is 6.75. The molecule has 0 bridgehead atoms. The van der Waals surface area contributed by atoms with Gasteiger partial charge in [-0.2, -0.15) is 5.10 Å². The maximum atomic E-state index is 13.5. The molecule has 2 aliphatic heterocycles. The monoisotopic (exact) mass is 433 g/mol. The van der Waals surface area contributed by atoms with Crippen molar-refractivity contribution in [1.29, 1.82) is 0 Å². The lowest BCUT2D eigenvalue weighted by molar-refractivity contribution is -0.117. The number of carbonyl (C=O) groups excluding carboxylic acids is 2. The molecule has 1 N–H and O–H groups in total. The average molecular weight is 433 g/mol. The highest BCUT2D eigenvalue weighted by atomic mass is 19.2. The molecule has 3 amide bonds. The summed E-state index contributed by atoms with van der Waals surface area (Å²) >= 11 is 0. The summed E-state index contributed by atoms with van der Waals surface area (Å²) in [6.07, 6.45) is 1.89. The van der Waals surface area contributed by atoms with E-state index in [4.69, 9.17) is 0 Å². The van der Waals surface area contributed by atoms with Crippen LogP contribution in [0.4, 0.5) is 29.3 Å². The van der Waals surface area contributed by atoms with Crippen molar-refractivity contribution in [3.05, 3.63) is 46.3 Å². The molecule has 0 spiro atoms. The summed E-state index contributed by atoms with van der Waals surface area (Å²) in [6, 6.07) is 3.45. The van der Waals surface area contributed by atoms with Gasteiger partial charge in [-0.05, 0) is 6.92 Å². The van der Waals surface area contributed by atoms with E-state index < -0.39 is 23.5 Å². The van der Waals surface area contributed by atoms with Crippen molar-refractivity contribution in [3.8, 4) is 6.07 Å². The van der Waals surface area contributed by atoms with Crippen molar-refractivity contribution >= 4 is 23.3 Å². The van der Waals surface area contributed by atoms with Crippen molar-refractivity contribution in [2.75, 3.05) is 23.8 Å². The molecule has 0 radical (unpaired) electrons. The molecular formula is C20H20F3N6O2+. The molecule has 1 unspecified atom stereocenters. The Labute approximate surface area is 176 Å². The number of hydrogen-bond donors (Lipinski definition) is 1. The molecule has 1 aromatic carbocycles. The minimum absolute atomic E-state index is 0.0798. The predicted octanol–water partition coefficient (Wildman–Crippen LogP) is 3.05. The van der Waals surface area contributed by atoms with Crippen LogP contribution in [0.2, 0.25) is 0 Å². The molecule has 31 heavy (non-hydrogen) atoms. The summed E-state index contributed by atoms with van der Waals surface area (Å²) in [7, 11) is 1.60. The van der Waals surface area contributed by atoms with E-state index in [0.717, 1.165) is 12.1 Å². The highest BCUT2D eigenvalue weighted by molar-refractivity contribution is 5.96. The first kappa shape index (κ1) is 20.7. The average Bonchev–Trinajstić information content (AvgIpc) is 3.27. The summed E-state index contributed by atoms with van der Waals surface area (Å²) in [5.41, 5.74) is 1.08. The second-order valence-electron chi connectivity index (χ2n) is 7.58. The third-order valence-corrected chi connectivity index (χ3v) is 5.44. The molecule has 0 saturated carbocycles. The standard InChI is InChI=1S/C20H19F3N6O2/c1-11-8-29-17(16(7-25-29)28-9-12(6-24-2)3-18(28)30)10-27(11)20(31)26-13-4-14(21)19(23)15(22)5-13/h4-5,7,11-12H,3,8-10H2,1-2H3/p+1/t11-,12?/m0/s1. The smallest absolute Gasteiger partial charge is 0.314 e. The van der Waals surface area contributed by atoms with Gasteiger partial charge in [0.2, 0.25) is 5.91 Å². The zero-order chi connectivity index (χ0) is 22.3. The van der Waals surface area contributed by atoms with Crippen LogP contribution >= 0.6 is 0 Å². The molecule has 1 fully saturated rings. The van der Waals surface area contributed by atoms with E-state index in [0.29, 0.717) is 30.9 Å². The summed E-state index contributed by atoms with van der Waals surface area (Å²) < 4.78 is 41.9. The first-order valence-corrected chi connectivity index (χ1v) is 9.70. The van der Waals surface area contributed by atoms with Crippen molar-refractivity contribution < 1.29 is 22.8 Å². The van der Waals surface area contributed by atoms with Crippen molar-refractivity contribution in [1.82, 2.24) is 14.7 Å². The van der Waals surface area contributed by atoms with Gasteiger partial charge in [-0.3, -0.25) is 9.48 Å². The van der Waals surface area contributed by atoms with Gasteiger partial charge < -0.3 is 15.1 Å². The van der Waals surface area contributed by atoms with Gasteiger partial charge in [-0.15, -0.1) is 0 Å². The summed E-state index contributed by atoms with van der Waals surface area (Å²) in [6.45, 7) is 2.74. The van der Waals surface area contributed by atoms with Crippen LogP contribution in [0.25, 0.3) is 4.85 Å². The van der Waals surface area contributed by atoms with E-state index in [9.17, 15) is 22.8 Å². The number of benzene rings is 1. The number of fused-ring (bicyclic) bond motifs is 1. The molecule has 8 nitrogen and oxygen atoms in total. The van der Waals surface area contributed by atoms with Crippen molar-refractivity contribution in [2.24, 2.45) is 5.92 Å². The molecule has 0 aliphatic carbocycles. The molecular weight excluding hydrogens is 413 g/mol. The lowest BCUT2D eigenvalue weighted by Crippen LogP contribution is -2.47. The van der Waals surface area contributed by atoms with E-state index in [-0.39, 0.29) is 30.1 Å². The molecule has 11 heteroatoms. The second-order valence-corrected chi connectivity index (χ2v) is 7.58. The molecule has 1 saturated heterocycles. The minimum Gasteiger partial charge on any atom is -0.314 e. The predicted molar refractivity (Wildman–Crippen MR) is 106 cm³/mol. The molecule has 2 aromatic rings. The Morgan fingerprint density at radius 2 is 1.97 bits per heavy atom. The van der Waals surface area contributed by atoms with Crippen LogP contribution in [0.5, 0.6) is 0 Å². The third-order valence-electron chi connectivity index (χ3n) is 5.44. The Hall–Kier alpha value is -3.55. The SMILES string of the molecule is C[N+]#CC1CC(=O)N(c2cnn3c2CN(C(=O)Nc2cc(F)c(F)c(F)c2)[C@@H](C)C3)C1. The fourth-order valence-corrected chi connectivity index (χ4v) is 3.92. The van der Waals surface area contributed by atoms with Crippen molar-refractivity contribution in [2.45, 2.75) is 32.5 Å². The molecule has 3 heterocycles. The number of rotatable bonds is 2. The molecule has 1 aromatic heterocycles. The third kappa shape index (κ3) is 3.81. The van der Waals surface area contributed by atoms with E-state index in [1.54, 1.807) is 29.7 Å². The van der Waals surface area contributed by atoms with Gasteiger partial charge in [-0.25, -0.2) is 18.0 Å². The molecule has 2 aliphatic rings. The van der Waals surface area contributed by atoms with Crippen LogP contribution in [-0.2, 0) is 17.9 Å². The van der Waals surface area contributed by atoms with Gasteiger partial charge in [0, 0.05) is 30.8 Å². The van der Waals surface area contributed by atoms with Crippen LogP contribution in [0.15, 0.2) is 18.3 Å². The summed E-state index contributed by atoms with van der Waals surface area (Å²) in [5.74, 6) is -4.58. The van der Waals surface area contributed by atoms with Gasteiger partial charge in [0.05, 0.1) is 36.7 Å². The van der Waals surface area contributed by atoms with Gasteiger partial charge in [-0.1, -0.05) is 4.85 Å². The van der Waals surface area contributed by atoms with E-state index >= 15 is 0 Å². The van der Waals surface area contributed by atoms with Gasteiger partial charge in [0.25, 0.3) is 13.1 Å². The number of carbonyl (C=O) groups is 2. The number of halogens is 3. The number of aromatic nitrogens is 2. The maximum Gasteiger partial charge on any atom is 0.322 e. The number of amides is 3. The Balaban J connectivity index is 1.55. The minimum atomic E-state index is -1.60. The fourth-order valence-electron chi connectivity index (χ4n) is 3.92. The largest absolute Gasteiger partial charge is 0.322 e. The Morgan fingerprint density at radius 3 is 2.65 bits per heavy atom. The number of urea groups is 1. The molecule has 2 atom stereocenters. The van der Waals surface area contributed by atoms with Crippen LogP contribution in [-0.4, -0.2) is 46.3 Å². The number of hydrogen-bond acceptors (Lipinski definition) is 3. The topological polar surface area (TPSA) is 74.8 Å². The highest BCUT2D eigenvalue weighted by Gasteiger charge is 2.37. The summed E-state index contributed by atoms with van der Waals surface area (Å²) in [4.78, 5) is 32.2. The van der Waals surface area contributed by atoms with Crippen LogP contribution in [0.1, 0.15) is 19.0 Å². The fraction of sp³-hybridized carbons (Fsp3) is 0.400. The van der Waals surface area contributed by atoms with Gasteiger partial charge >= 0.3 is 6.03 Å². The lowest BCUT2D eigenvalue weighted by Gasteiger charge is -2.35.